The molecule has 0 saturated carbocycles. The van der Waals surface area contributed by atoms with Crippen molar-refractivity contribution in [3.05, 3.63) is 36.3 Å². The first-order valence-corrected chi connectivity index (χ1v) is 9.83. The topological polar surface area (TPSA) is 71.2 Å². The van der Waals surface area contributed by atoms with Gasteiger partial charge in [-0.25, -0.2) is 4.98 Å². The molecular formula is C20H29N5O2. The third-order valence-electron chi connectivity index (χ3n) is 4.72. The first-order valence-electron chi connectivity index (χ1n) is 9.83. The zero-order chi connectivity index (χ0) is 19.1. The van der Waals surface area contributed by atoms with Crippen LogP contribution in [0.1, 0.15) is 32.4 Å². The number of ether oxygens (including phenoxy) is 1. The van der Waals surface area contributed by atoms with Crippen molar-refractivity contribution in [2.24, 2.45) is 10.9 Å². The Morgan fingerprint density at radius 1 is 1.41 bits per heavy atom. The lowest BCUT2D eigenvalue weighted by Crippen LogP contribution is -2.48. The van der Waals surface area contributed by atoms with Crippen LogP contribution in [0.2, 0.25) is 0 Å². The van der Waals surface area contributed by atoms with Gasteiger partial charge in [-0.15, -0.1) is 0 Å². The van der Waals surface area contributed by atoms with Gasteiger partial charge in [-0.2, -0.15) is 0 Å². The van der Waals surface area contributed by atoms with Crippen LogP contribution in [0, 0.1) is 5.92 Å². The van der Waals surface area contributed by atoms with E-state index in [1.807, 2.05) is 35.7 Å². The molecular weight excluding hydrogens is 342 g/mol. The first-order chi connectivity index (χ1) is 13.2. The summed E-state index contributed by atoms with van der Waals surface area (Å²) in [5, 5.41) is 3.35. The van der Waals surface area contributed by atoms with Crippen molar-refractivity contribution >= 4 is 17.6 Å². The van der Waals surface area contributed by atoms with E-state index in [2.05, 4.69) is 28.3 Å². The fourth-order valence-electron chi connectivity index (χ4n) is 3.43. The number of aromatic nitrogens is 2. The Labute approximate surface area is 160 Å². The van der Waals surface area contributed by atoms with Crippen LogP contribution in [0.15, 0.2) is 35.6 Å². The van der Waals surface area contributed by atoms with E-state index in [4.69, 9.17) is 9.73 Å². The number of guanidine groups is 1. The fraction of sp³-hybridized carbons (Fsp3) is 0.550. The molecule has 2 aromatic rings. The van der Waals surface area contributed by atoms with Crippen LogP contribution in [0.5, 0.6) is 0 Å². The highest BCUT2D eigenvalue weighted by atomic mass is 16.5. The number of imidazole rings is 1. The summed E-state index contributed by atoms with van der Waals surface area (Å²) in [6.45, 7) is 7.38. The average Bonchev–Trinajstić information content (AvgIpc) is 3.10. The molecule has 0 bridgehead atoms. The van der Waals surface area contributed by atoms with Crippen molar-refractivity contribution in [2.75, 3.05) is 32.8 Å². The lowest BCUT2D eigenvalue weighted by atomic mass is 9.98. The largest absolute Gasteiger partial charge is 0.466 e. The Bertz CT molecular complexity index is 753. The molecule has 1 aliphatic rings. The molecule has 7 heteroatoms. The molecule has 0 radical (unpaired) electrons. The lowest BCUT2D eigenvalue weighted by molar-refractivity contribution is -0.149. The van der Waals surface area contributed by atoms with Gasteiger partial charge in [0, 0.05) is 45.0 Å². The van der Waals surface area contributed by atoms with Gasteiger partial charge >= 0.3 is 5.97 Å². The number of nitrogens with one attached hydrogen (secondary N) is 1. The van der Waals surface area contributed by atoms with Crippen LogP contribution >= 0.6 is 0 Å². The predicted octanol–water partition coefficient (Wildman–Crippen LogP) is 2.12. The number of fused-ring (bicyclic) bond motifs is 1. The quantitative estimate of drug-likeness (QED) is 0.478. The molecule has 0 spiro atoms. The van der Waals surface area contributed by atoms with Gasteiger partial charge in [0.2, 0.25) is 0 Å². The Morgan fingerprint density at radius 3 is 3.07 bits per heavy atom. The van der Waals surface area contributed by atoms with Gasteiger partial charge in [0.15, 0.2) is 5.96 Å². The second kappa shape index (κ2) is 9.39. The normalized spacial score (nSPS) is 17.9. The van der Waals surface area contributed by atoms with Crippen LogP contribution in [0.25, 0.3) is 5.65 Å². The molecule has 1 saturated heterocycles. The molecule has 146 valence electrons. The van der Waals surface area contributed by atoms with E-state index in [1.165, 1.54) is 0 Å². The van der Waals surface area contributed by atoms with E-state index in [0.717, 1.165) is 49.7 Å². The Balaban J connectivity index is 1.62. The number of carbonyl (C=O) groups excluding carboxylic acids is 1. The Kier molecular flexibility index (Phi) is 6.68. The molecule has 1 atom stereocenters. The molecule has 27 heavy (non-hydrogen) atoms. The van der Waals surface area contributed by atoms with E-state index in [0.29, 0.717) is 19.7 Å². The first kappa shape index (κ1) is 19.2. The smallest absolute Gasteiger partial charge is 0.310 e. The van der Waals surface area contributed by atoms with Crippen LogP contribution in [0.3, 0.4) is 0 Å². The minimum atomic E-state index is -0.0947. The molecule has 1 N–H and O–H groups in total. The molecule has 7 nitrogen and oxygen atoms in total. The summed E-state index contributed by atoms with van der Waals surface area (Å²) >= 11 is 0. The zero-order valence-electron chi connectivity index (χ0n) is 16.2. The number of rotatable bonds is 6. The Hall–Kier alpha value is -2.57. The standard InChI is InChI=1S/C20H29N5O2/c1-3-21-20(25-13-7-8-16(14-25)19(26)27-4-2)22-11-10-17-15-24-12-6-5-9-18(24)23-17/h5-6,9,12,15-16H,3-4,7-8,10-11,13-14H2,1-2H3,(H,21,22). The molecule has 0 amide bonds. The number of likely N-dealkylation sites (tertiary alicyclic amines) is 1. The molecule has 1 aliphatic heterocycles. The number of hydrogen-bond donors (Lipinski definition) is 1. The van der Waals surface area contributed by atoms with E-state index < -0.39 is 0 Å². The molecule has 1 fully saturated rings. The van der Waals surface area contributed by atoms with Crippen molar-refractivity contribution in [3.63, 3.8) is 0 Å². The van der Waals surface area contributed by atoms with Crippen LogP contribution < -0.4 is 5.32 Å². The third-order valence-corrected chi connectivity index (χ3v) is 4.72. The highest BCUT2D eigenvalue weighted by Gasteiger charge is 2.28. The predicted molar refractivity (Wildman–Crippen MR) is 106 cm³/mol. The molecule has 2 aromatic heterocycles. The van der Waals surface area contributed by atoms with Gasteiger partial charge in [-0.3, -0.25) is 9.79 Å². The monoisotopic (exact) mass is 371 g/mol. The Morgan fingerprint density at radius 2 is 2.30 bits per heavy atom. The lowest BCUT2D eigenvalue weighted by Gasteiger charge is -2.34. The fourth-order valence-corrected chi connectivity index (χ4v) is 3.43. The molecule has 3 rings (SSSR count). The summed E-state index contributed by atoms with van der Waals surface area (Å²) in [7, 11) is 0. The van der Waals surface area contributed by atoms with Gasteiger partial charge in [0.05, 0.1) is 18.2 Å². The third kappa shape index (κ3) is 4.99. The van der Waals surface area contributed by atoms with Crippen molar-refractivity contribution < 1.29 is 9.53 Å². The summed E-state index contributed by atoms with van der Waals surface area (Å²) in [6.07, 6.45) is 6.69. The number of piperidine rings is 1. The van der Waals surface area contributed by atoms with Crippen LogP contribution in [-0.2, 0) is 16.0 Å². The average molecular weight is 371 g/mol. The molecule has 3 heterocycles. The second-order valence-corrected chi connectivity index (χ2v) is 6.72. The van der Waals surface area contributed by atoms with Crippen LogP contribution in [0.4, 0.5) is 0 Å². The second-order valence-electron chi connectivity index (χ2n) is 6.72. The number of pyridine rings is 1. The summed E-state index contributed by atoms with van der Waals surface area (Å²) in [5.74, 6) is 0.707. The van der Waals surface area contributed by atoms with Crippen molar-refractivity contribution in [1.29, 1.82) is 0 Å². The number of hydrogen-bond acceptors (Lipinski definition) is 4. The maximum Gasteiger partial charge on any atom is 0.310 e. The van der Waals surface area contributed by atoms with E-state index in [1.54, 1.807) is 0 Å². The highest BCUT2D eigenvalue weighted by Crippen LogP contribution is 2.18. The minimum absolute atomic E-state index is 0.0685. The van der Waals surface area contributed by atoms with Crippen molar-refractivity contribution in [1.82, 2.24) is 19.6 Å². The van der Waals surface area contributed by atoms with Crippen molar-refractivity contribution in [2.45, 2.75) is 33.1 Å². The summed E-state index contributed by atoms with van der Waals surface area (Å²) in [6, 6.07) is 5.99. The number of esters is 1. The van der Waals surface area contributed by atoms with Gasteiger partial charge in [-0.1, -0.05) is 6.07 Å². The summed E-state index contributed by atoms with van der Waals surface area (Å²) < 4.78 is 7.23. The van der Waals surface area contributed by atoms with Gasteiger partial charge in [0.1, 0.15) is 5.65 Å². The molecule has 0 aromatic carbocycles. The zero-order valence-corrected chi connectivity index (χ0v) is 16.2. The van der Waals surface area contributed by atoms with Crippen molar-refractivity contribution in [3.8, 4) is 0 Å². The van der Waals surface area contributed by atoms with Gasteiger partial charge in [0.25, 0.3) is 0 Å². The maximum atomic E-state index is 12.1. The number of aliphatic imine (C=N–C) groups is 1. The van der Waals surface area contributed by atoms with Gasteiger partial charge < -0.3 is 19.4 Å². The number of carbonyl (C=O) groups is 1. The van der Waals surface area contributed by atoms with Gasteiger partial charge in [-0.05, 0) is 38.8 Å². The SMILES string of the molecule is CCNC(=NCCc1cn2ccccc2n1)N1CCCC(C(=O)OCC)C1. The summed E-state index contributed by atoms with van der Waals surface area (Å²) in [4.78, 5) is 23.7. The molecule has 1 unspecified atom stereocenters. The van der Waals surface area contributed by atoms with E-state index in [9.17, 15) is 4.79 Å². The summed E-state index contributed by atoms with van der Waals surface area (Å²) in [5.41, 5.74) is 1.99. The molecule has 0 aliphatic carbocycles. The van der Waals surface area contributed by atoms with E-state index in [-0.39, 0.29) is 11.9 Å². The maximum absolute atomic E-state index is 12.1. The van der Waals surface area contributed by atoms with E-state index >= 15 is 0 Å². The van der Waals surface area contributed by atoms with Crippen LogP contribution in [-0.4, -0.2) is 59.0 Å². The number of nitrogens with zero attached hydrogens (tertiary/aromatic N) is 4. The minimum Gasteiger partial charge on any atom is -0.466 e. The highest BCUT2D eigenvalue weighted by molar-refractivity contribution is 5.81.